The number of nitrogens with zero attached hydrogens (tertiary/aromatic N) is 1. The SMILES string of the molecule is CC(C)(C)[C@@]1(O)C[C@@](C#N)(C(C)(C)C)OC1=N. The molecule has 0 aromatic heterocycles. The minimum Gasteiger partial charge on any atom is -0.456 e. The Morgan fingerprint density at radius 1 is 1.24 bits per heavy atom. The van der Waals surface area contributed by atoms with Gasteiger partial charge in [-0.3, -0.25) is 5.41 Å². The van der Waals surface area contributed by atoms with Crippen LogP contribution in [0.15, 0.2) is 0 Å². The maximum atomic E-state index is 10.6. The number of rotatable bonds is 0. The number of nitriles is 1. The Bertz CT molecular complexity index is 384. The van der Waals surface area contributed by atoms with Crippen LogP contribution in [0.2, 0.25) is 0 Å². The van der Waals surface area contributed by atoms with Crippen molar-refractivity contribution in [2.24, 2.45) is 10.8 Å². The van der Waals surface area contributed by atoms with Gasteiger partial charge in [-0.1, -0.05) is 41.5 Å². The molecule has 1 fully saturated rings. The zero-order chi connectivity index (χ0) is 13.7. The molecule has 1 heterocycles. The van der Waals surface area contributed by atoms with E-state index in [9.17, 15) is 10.4 Å². The maximum Gasteiger partial charge on any atom is 0.215 e. The molecule has 1 aliphatic rings. The van der Waals surface area contributed by atoms with E-state index in [2.05, 4.69) is 6.07 Å². The smallest absolute Gasteiger partial charge is 0.215 e. The summed E-state index contributed by atoms with van der Waals surface area (Å²) in [6.45, 7) is 11.2. The van der Waals surface area contributed by atoms with E-state index in [-0.39, 0.29) is 12.3 Å². The van der Waals surface area contributed by atoms with Crippen LogP contribution in [0.4, 0.5) is 0 Å². The fourth-order valence-corrected chi connectivity index (χ4v) is 1.99. The van der Waals surface area contributed by atoms with Gasteiger partial charge in [0.05, 0.1) is 0 Å². The average molecular weight is 238 g/mol. The second-order valence-electron chi connectivity index (χ2n) is 6.91. The molecule has 17 heavy (non-hydrogen) atoms. The summed E-state index contributed by atoms with van der Waals surface area (Å²) in [5.41, 5.74) is -3.50. The molecule has 0 unspecified atom stereocenters. The number of hydrogen-bond donors (Lipinski definition) is 2. The molecular formula is C13H22N2O2. The minimum absolute atomic E-state index is 0.141. The summed E-state index contributed by atoms with van der Waals surface area (Å²) in [4.78, 5) is 0. The van der Waals surface area contributed by atoms with Crippen LogP contribution in [-0.2, 0) is 4.74 Å². The van der Waals surface area contributed by atoms with E-state index < -0.39 is 22.0 Å². The first-order valence-corrected chi connectivity index (χ1v) is 5.81. The Labute approximate surface area is 103 Å². The molecule has 0 aromatic carbocycles. The third-order valence-electron chi connectivity index (χ3n) is 3.79. The summed E-state index contributed by atoms with van der Waals surface area (Å²) < 4.78 is 5.48. The molecule has 0 amide bonds. The Morgan fingerprint density at radius 2 is 1.71 bits per heavy atom. The third-order valence-corrected chi connectivity index (χ3v) is 3.79. The third kappa shape index (κ3) is 1.83. The van der Waals surface area contributed by atoms with Crippen molar-refractivity contribution < 1.29 is 9.84 Å². The Hall–Kier alpha value is -1.08. The van der Waals surface area contributed by atoms with E-state index in [0.717, 1.165) is 0 Å². The van der Waals surface area contributed by atoms with Gasteiger partial charge in [-0.15, -0.1) is 0 Å². The topological polar surface area (TPSA) is 77.1 Å². The molecule has 0 bridgehead atoms. The second kappa shape index (κ2) is 3.46. The molecule has 0 aliphatic carbocycles. The Morgan fingerprint density at radius 3 is 1.88 bits per heavy atom. The molecule has 96 valence electrons. The lowest BCUT2D eigenvalue weighted by atomic mass is 9.67. The van der Waals surface area contributed by atoms with E-state index in [0.29, 0.717) is 0 Å². The van der Waals surface area contributed by atoms with Gasteiger partial charge >= 0.3 is 0 Å². The maximum absolute atomic E-state index is 10.6. The van der Waals surface area contributed by atoms with E-state index >= 15 is 0 Å². The Kier molecular flexibility index (Phi) is 2.84. The Balaban J connectivity index is 3.26. The molecule has 0 aromatic rings. The van der Waals surface area contributed by atoms with Crippen molar-refractivity contribution >= 4 is 5.90 Å². The minimum atomic E-state index is -1.38. The molecule has 1 aliphatic heterocycles. The van der Waals surface area contributed by atoms with Crippen LogP contribution >= 0.6 is 0 Å². The predicted octanol–water partition coefficient (Wildman–Crippen LogP) is 2.47. The van der Waals surface area contributed by atoms with E-state index in [4.69, 9.17) is 10.1 Å². The van der Waals surface area contributed by atoms with Gasteiger partial charge in [0.15, 0.2) is 0 Å². The van der Waals surface area contributed by atoms with Crippen LogP contribution in [0.1, 0.15) is 48.0 Å². The van der Waals surface area contributed by atoms with Crippen LogP contribution in [0, 0.1) is 27.6 Å². The van der Waals surface area contributed by atoms with Gasteiger partial charge in [0, 0.05) is 11.8 Å². The first-order chi connectivity index (χ1) is 7.40. The molecular weight excluding hydrogens is 216 g/mol. The van der Waals surface area contributed by atoms with Crippen molar-refractivity contribution in [2.75, 3.05) is 0 Å². The number of hydrogen-bond acceptors (Lipinski definition) is 4. The highest BCUT2D eigenvalue weighted by Gasteiger charge is 2.63. The van der Waals surface area contributed by atoms with Gasteiger partial charge in [0.1, 0.15) is 11.7 Å². The normalized spacial score (nSPS) is 34.4. The highest BCUT2D eigenvalue weighted by molar-refractivity contribution is 5.86. The van der Waals surface area contributed by atoms with Crippen molar-refractivity contribution in [3.63, 3.8) is 0 Å². The monoisotopic (exact) mass is 238 g/mol. The molecule has 0 spiro atoms. The molecule has 1 rings (SSSR count). The van der Waals surface area contributed by atoms with Crippen LogP contribution in [0.25, 0.3) is 0 Å². The van der Waals surface area contributed by atoms with Crippen molar-refractivity contribution in [1.29, 1.82) is 10.7 Å². The predicted molar refractivity (Wildman–Crippen MR) is 65.6 cm³/mol. The van der Waals surface area contributed by atoms with Gasteiger partial charge in [-0.25, -0.2) is 0 Å². The molecule has 1 saturated heterocycles. The summed E-state index contributed by atoms with van der Waals surface area (Å²) in [7, 11) is 0. The first-order valence-electron chi connectivity index (χ1n) is 5.81. The molecule has 4 nitrogen and oxygen atoms in total. The van der Waals surface area contributed by atoms with Crippen LogP contribution in [-0.4, -0.2) is 22.2 Å². The van der Waals surface area contributed by atoms with Crippen LogP contribution in [0.3, 0.4) is 0 Å². The molecule has 2 atom stereocenters. The van der Waals surface area contributed by atoms with Crippen LogP contribution in [0.5, 0.6) is 0 Å². The molecule has 2 N–H and O–H groups in total. The molecule has 0 saturated carbocycles. The van der Waals surface area contributed by atoms with Gasteiger partial charge in [0.25, 0.3) is 0 Å². The number of nitrogens with one attached hydrogen (secondary N) is 1. The highest BCUT2D eigenvalue weighted by atomic mass is 16.5. The standard InChI is InChI=1S/C13H22N2O2/c1-10(2,3)12(8-14)7-13(16,9(15)17-12)11(4,5)6/h15-16H,7H2,1-6H3/t12-,13-/m1/s1. The fourth-order valence-electron chi connectivity index (χ4n) is 1.99. The fraction of sp³-hybridized carbons (Fsp3) is 0.846. The summed E-state index contributed by atoms with van der Waals surface area (Å²) in [6, 6.07) is 2.15. The van der Waals surface area contributed by atoms with Gasteiger partial charge in [0.2, 0.25) is 11.5 Å². The van der Waals surface area contributed by atoms with E-state index in [1.165, 1.54) is 0 Å². The lowest BCUT2D eigenvalue weighted by Crippen LogP contribution is -2.48. The number of aliphatic hydroxyl groups is 1. The highest BCUT2D eigenvalue weighted by Crippen LogP contribution is 2.51. The van der Waals surface area contributed by atoms with E-state index in [1.807, 2.05) is 41.5 Å². The van der Waals surface area contributed by atoms with Gasteiger partial charge < -0.3 is 9.84 Å². The quantitative estimate of drug-likeness (QED) is 0.680. The van der Waals surface area contributed by atoms with Gasteiger partial charge in [-0.2, -0.15) is 5.26 Å². The molecule has 4 heteroatoms. The number of ether oxygens (including phenoxy) is 1. The second-order valence-corrected chi connectivity index (χ2v) is 6.91. The zero-order valence-electron chi connectivity index (χ0n) is 11.5. The summed E-state index contributed by atoms with van der Waals surface area (Å²) in [5, 5.41) is 27.9. The lowest BCUT2D eigenvalue weighted by Gasteiger charge is -2.37. The van der Waals surface area contributed by atoms with Crippen molar-refractivity contribution in [3.05, 3.63) is 0 Å². The largest absolute Gasteiger partial charge is 0.456 e. The van der Waals surface area contributed by atoms with Crippen molar-refractivity contribution in [2.45, 2.75) is 59.2 Å². The summed E-state index contributed by atoms with van der Waals surface area (Å²) in [5.74, 6) is -0.193. The van der Waals surface area contributed by atoms with Crippen molar-refractivity contribution in [1.82, 2.24) is 0 Å². The van der Waals surface area contributed by atoms with Crippen molar-refractivity contribution in [3.8, 4) is 6.07 Å². The van der Waals surface area contributed by atoms with Crippen LogP contribution < -0.4 is 0 Å². The summed E-state index contributed by atoms with van der Waals surface area (Å²) in [6.07, 6.45) is 0.141. The first kappa shape index (κ1) is 14.0. The average Bonchev–Trinajstić information content (AvgIpc) is 2.39. The molecule has 0 radical (unpaired) electrons. The zero-order valence-corrected chi connectivity index (χ0v) is 11.5. The summed E-state index contributed by atoms with van der Waals surface area (Å²) >= 11 is 0. The van der Waals surface area contributed by atoms with E-state index in [1.54, 1.807) is 0 Å². The lowest BCUT2D eigenvalue weighted by molar-refractivity contribution is -0.0237. The van der Waals surface area contributed by atoms with Gasteiger partial charge in [-0.05, 0) is 5.41 Å².